The van der Waals surface area contributed by atoms with Crippen LogP contribution in [-0.4, -0.2) is 29.6 Å². The fourth-order valence-electron chi connectivity index (χ4n) is 3.74. The molecule has 0 radical (unpaired) electrons. The van der Waals surface area contributed by atoms with E-state index in [2.05, 4.69) is 0 Å². The quantitative estimate of drug-likeness (QED) is 0.593. The van der Waals surface area contributed by atoms with Gasteiger partial charge in [-0.1, -0.05) is 54.1 Å². The Hall–Kier alpha value is -2.59. The second-order valence-electron chi connectivity index (χ2n) is 6.94. The van der Waals surface area contributed by atoms with Gasteiger partial charge in [-0.2, -0.15) is 0 Å². The van der Waals surface area contributed by atoms with E-state index in [1.807, 2.05) is 53.4 Å². The Morgan fingerprint density at radius 2 is 1.74 bits per heavy atom. The van der Waals surface area contributed by atoms with Crippen LogP contribution in [0.5, 0.6) is 0 Å². The van der Waals surface area contributed by atoms with E-state index in [4.69, 9.17) is 16.3 Å². The maximum absolute atomic E-state index is 12.8. The second kappa shape index (κ2) is 7.57. The van der Waals surface area contributed by atoms with Gasteiger partial charge in [0.15, 0.2) is 11.6 Å². The first-order valence-electron chi connectivity index (χ1n) is 9.09. The Bertz CT molecular complexity index is 887. The third kappa shape index (κ3) is 3.76. The van der Waals surface area contributed by atoms with Gasteiger partial charge in [-0.05, 0) is 29.2 Å². The summed E-state index contributed by atoms with van der Waals surface area (Å²) in [6, 6.07) is 17.4. The largest absolute Gasteiger partial charge is 0.477 e. The molecule has 4 nitrogen and oxygen atoms in total. The van der Waals surface area contributed by atoms with E-state index in [0.29, 0.717) is 43.4 Å². The van der Waals surface area contributed by atoms with Gasteiger partial charge in [0.2, 0.25) is 5.88 Å². The van der Waals surface area contributed by atoms with Gasteiger partial charge in [-0.3, -0.25) is 9.59 Å². The third-order valence-electron chi connectivity index (χ3n) is 5.06. The van der Waals surface area contributed by atoms with Crippen molar-refractivity contribution in [2.45, 2.75) is 25.3 Å². The molecule has 0 unspecified atom stereocenters. The Labute approximate surface area is 163 Å². The van der Waals surface area contributed by atoms with Gasteiger partial charge < -0.3 is 9.64 Å². The van der Waals surface area contributed by atoms with Crippen LogP contribution in [0.1, 0.15) is 29.9 Å². The zero-order valence-corrected chi connectivity index (χ0v) is 15.6. The fraction of sp³-hybridized carbons (Fsp3) is 0.273. The minimum atomic E-state index is -0.147. The summed E-state index contributed by atoms with van der Waals surface area (Å²) in [4.78, 5) is 27.7. The molecule has 0 amide bonds. The highest BCUT2D eigenvalue weighted by atomic mass is 35.5. The summed E-state index contributed by atoms with van der Waals surface area (Å²) in [5.41, 5.74) is 2.28. The number of Topliss-reactive ketones (excluding diaryl/α,β-unsaturated/α-hetero) is 2. The molecule has 1 aliphatic heterocycles. The SMILES string of the molecule is O=C1CC(c2cccc(Cl)c2)CC(=O)C1=C1OCCN1Cc1ccccc1. The van der Waals surface area contributed by atoms with Crippen molar-refractivity contribution in [3.8, 4) is 0 Å². The monoisotopic (exact) mass is 381 g/mol. The number of ketones is 2. The lowest BCUT2D eigenvalue weighted by Crippen LogP contribution is -2.30. The van der Waals surface area contributed by atoms with Crippen LogP contribution in [0.15, 0.2) is 66.1 Å². The van der Waals surface area contributed by atoms with Crippen LogP contribution < -0.4 is 0 Å². The number of allylic oxidation sites excluding steroid dienone is 1. The molecular weight excluding hydrogens is 362 g/mol. The molecule has 0 bridgehead atoms. The maximum atomic E-state index is 12.8. The molecular formula is C22H20ClNO3. The average Bonchev–Trinajstić information content (AvgIpc) is 3.10. The number of halogens is 1. The van der Waals surface area contributed by atoms with Crippen LogP contribution >= 0.6 is 11.6 Å². The zero-order valence-electron chi connectivity index (χ0n) is 14.9. The van der Waals surface area contributed by atoms with E-state index in [-0.39, 0.29) is 23.1 Å². The van der Waals surface area contributed by atoms with Crippen molar-refractivity contribution in [1.29, 1.82) is 0 Å². The smallest absolute Gasteiger partial charge is 0.204 e. The molecule has 2 aromatic rings. The first-order chi connectivity index (χ1) is 13.1. The topological polar surface area (TPSA) is 46.6 Å². The molecule has 5 heteroatoms. The standard InChI is InChI=1S/C22H20ClNO3/c23-18-8-4-7-16(11-18)17-12-19(25)21(20(26)13-17)22-24(9-10-27-22)14-15-5-2-1-3-6-15/h1-8,11,17H,9-10,12-14H2. The van der Waals surface area contributed by atoms with Crippen molar-refractivity contribution < 1.29 is 14.3 Å². The van der Waals surface area contributed by atoms with E-state index >= 15 is 0 Å². The van der Waals surface area contributed by atoms with Gasteiger partial charge in [0, 0.05) is 24.4 Å². The van der Waals surface area contributed by atoms with E-state index in [1.54, 1.807) is 6.07 Å². The lowest BCUT2D eigenvalue weighted by Gasteiger charge is -2.26. The van der Waals surface area contributed by atoms with Crippen molar-refractivity contribution in [3.05, 3.63) is 82.2 Å². The molecule has 1 aliphatic carbocycles. The van der Waals surface area contributed by atoms with E-state index in [9.17, 15) is 9.59 Å². The van der Waals surface area contributed by atoms with E-state index in [0.717, 1.165) is 11.1 Å². The van der Waals surface area contributed by atoms with Crippen LogP contribution in [0, 0.1) is 0 Å². The lowest BCUT2D eigenvalue weighted by atomic mass is 9.80. The molecule has 27 heavy (non-hydrogen) atoms. The van der Waals surface area contributed by atoms with Crippen LogP contribution in [0.4, 0.5) is 0 Å². The first-order valence-corrected chi connectivity index (χ1v) is 9.47. The minimum absolute atomic E-state index is 0.128. The number of hydrogen-bond donors (Lipinski definition) is 0. The summed E-state index contributed by atoms with van der Waals surface area (Å²) in [7, 11) is 0. The number of hydrogen-bond acceptors (Lipinski definition) is 4. The zero-order chi connectivity index (χ0) is 18.8. The molecule has 1 saturated carbocycles. The molecule has 2 fully saturated rings. The highest BCUT2D eigenvalue weighted by molar-refractivity contribution is 6.30. The van der Waals surface area contributed by atoms with Gasteiger partial charge >= 0.3 is 0 Å². The molecule has 138 valence electrons. The lowest BCUT2D eigenvalue weighted by molar-refractivity contribution is -0.125. The molecule has 0 atom stereocenters. The molecule has 2 aliphatic rings. The fourth-order valence-corrected chi connectivity index (χ4v) is 3.94. The minimum Gasteiger partial charge on any atom is -0.477 e. The molecule has 0 spiro atoms. The van der Waals surface area contributed by atoms with Crippen molar-refractivity contribution in [3.63, 3.8) is 0 Å². The van der Waals surface area contributed by atoms with Gasteiger partial charge in [-0.25, -0.2) is 0 Å². The molecule has 0 aromatic heterocycles. The van der Waals surface area contributed by atoms with Crippen molar-refractivity contribution in [2.75, 3.05) is 13.2 Å². The Balaban J connectivity index is 1.58. The van der Waals surface area contributed by atoms with Crippen LogP contribution in [0.3, 0.4) is 0 Å². The Morgan fingerprint density at radius 3 is 2.44 bits per heavy atom. The van der Waals surface area contributed by atoms with Crippen molar-refractivity contribution in [2.24, 2.45) is 0 Å². The molecule has 0 N–H and O–H groups in total. The average molecular weight is 382 g/mol. The highest BCUT2D eigenvalue weighted by Crippen LogP contribution is 2.35. The van der Waals surface area contributed by atoms with Crippen LogP contribution in [0.2, 0.25) is 5.02 Å². The number of benzene rings is 2. The number of rotatable bonds is 3. The van der Waals surface area contributed by atoms with Crippen molar-refractivity contribution >= 4 is 23.2 Å². The predicted molar refractivity (Wildman–Crippen MR) is 103 cm³/mol. The number of nitrogens with zero attached hydrogens (tertiary/aromatic N) is 1. The number of carbonyl (C=O) groups is 2. The van der Waals surface area contributed by atoms with Crippen LogP contribution in [0.25, 0.3) is 0 Å². The molecule has 2 aromatic carbocycles. The van der Waals surface area contributed by atoms with Gasteiger partial charge in [0.05, 0.1) is 6.54 Å². The van der Waals surface area contributed by atoms with Gasteiger partial charge in [-0.15, -0.1) is 0 Å². The summed E-state index contributed by atoms with van der Waals surface area (Å²) < 4.78 is 5.72. The highest BCUT2D eigenvalue weighted by Gasteiger charge is 2.37. The molecule has 4 rings (SSSR count). The Kier molecular flexibility index (Phi) is 4.99. The number of carbonyl (C=O) groups excluding carboxylic acids is 2. The summed E-state index contributed by atoms with van der Waals surface area (Å²) in [6.07, 6.45) is 0.598. The van der Waals surface area contributed by atoms with E-state index < -0.39 is 0 Å². The third-order valence-corrected chi connectivity index (χ3v) is 5.29. The number of ether oxygens (including phenoxy) is 1. The normalized spacial score (nSPS) is 20.2. The summed E-state index contributed by atoms with van der Waals surface area (Å²) in [6.45, 7) is 1.79. The van der Waals surface area contributed by atoms with E-state index in [1.165, 1.54) is 0 Å². The van der Waals surface area contributed by atoms with Crippen molar-refractivity contribution in [1.82, 2.24) is 4.90 Å². The molecule has 1 heterocycles. The predicted octanol–water partition coefficient (Wildman–Crippen LogP) is 4.10. The van der Waals surface area contributed by atoms with Gasteiger partial charge in [0.1, 0.15) is 12.2 Å². The second-order valence-corrected chi connectivity index (χ2v) is 7.38. The van der Waals surface area contributed by atoms with Gasteiger partial charge in [0.25, 0.3) is 0 Å². The van der Waals surface area contributed by atoms with Crippen LogP contribution in [-0.2, 0) is 20.9 Å². The summed E-state index contributed by atoms with van der Waals surface area (Å²) in [5.74, 6) is 0.0211. The Morgan fingerprint density at radius 1 is 1.00 bits per heavy atom. The summed E-state index contributed by atoms with van der Waals surface area (Å²) >= 11 is 6.06. The maximum Gasteiger partial charge on any atom is 0.204 e. The first kappa shape index (κ1) is 17.8. The summed E-state index contributed by atoms with van der Waals surface area (Å²) in [5, 5.41) is 0.615. The molecule has 1 saturated heterocycles.